The van der Waals surface area contributed by atoms with Crippen molar-refractivity contribution in [3.05, 3.63) is 90.0 Å². The van der Waals surface area contributed by atoms with E-state index in [1.54, 1.807) is 0 Å². The van der Waals surface area contributed by atoms with Gasteiger partial charge >= 0.3 is 0 Å². The minimum atomic E-state index is -0.623. The molecule has 3 aromatic rings. The lowest BCUT2D eigenvalue weighted by Crippen LogP contribution is -2.34. The molecule has 150 valence electrons. The van der Waals surface area contributed by atoms with Crippen LogP contribution in [0.15, 0.2) is 78.9 Å². The van der Waals surface area contributed by atoms with Crippen molar-refractivity contribution in [1.29, 1.82) is 0 Å². The molecule has 0 amide bonds. The Hall–Kier alpha value is -3.02. The quantitative estimate of drug-likeness (QED) is 0.582. The van der Waals surface area contributed by atoms with Crippen LogP contribution < -0.4 is 19.5 Å². The molecular weight excluding hydrogens is 366 g/mol. The number of ether oxygens (including phenoxy) is 3. The molecule has 0 fully saturated rings. The van der Waals surface area contributed by atoms with Crippen molar-refractivity contribution in [3.8, 4) is 17.2 Å². The highest BCUT2D eigenvalue weighted by molar-refractivity contribution is 5.45. The molecule has 0 saturated carbocycles. The number of nitrogens with one attached hydrogen (secondary N) is 1. The first-order valence-corrected chi connectivity index (χ1v) is 9.81. The average Bonchev–Trinajstić information content (AvgIpc) is 3.24. The molecular formula is C24H25NO4. The standard InChI is InChI=1S/C24H25NO4/c26-20(16-27-21-9-5-2-6-10-21)15-25-22(13-18-7-3-1-4-8-18)19-11-12-23-24(14-19)29-17-28-23/h1-12,14,20,22,25-26H,13,15-17H2. The summed E-state index contributed by atoms with van der Waals surface area (Å²) in [6.45, 7) is 0.903. The number of hydrogen-bond acceptors (Lipinski definition) is 5. The summed E-state index contributed by atoms with van der Waals surface area (Å²) in [7, 11) is 0. The second-order valence-electron chi connectivity index (χ2n) is 7.04. The number of rotatable bonds is 9. The third-order valence-electron chi connectivity index (χ3n) is 4.87. The van der Waals surface area contributed by atoms with Gasteiger partial charge < -0.3 is 24.6 Å². The monoisotopic (exact) mass is 391 g/mol. The van der Waals surface area contributed by atoms with Gasteiger partial charge in [0.2, 0.25) is 6.79 Å². The van der Waals surface area contributed by atoms with Crippen molar-refractivity contribution in [1.82, 2.24) is 5.32 Å². The fraction of sp³-hybridized carbons (Fsp3) is 0.250. The fourth-order valence-electron chi connectivity index (χ4n) is 3.33. The Bertz CT molecular complexity index is 901. The van der Waals surface area contributed by atoms with Gasteiger partial charge in [-0.05, 0) is 41.8 Å². The third-order valence-corrected chi connectivity index (χ3v) is 4.87. The molecule has 0 aromatic heterocycles. The Morgan fingerprint density at radius 2 is 1.62 bits per heavy atom. The molecule has 5 nitrogen and oxygen atoms in total. The van der Waals surface area contributed by atoms with Crippen LogP contribution in [0, 0.1) is 0 Å². The number of para-hydroxylation sites is 1. The van der Waals surface area contributed by atoms with Crippen LogP contribution in [0.4, 0.5) is 0 Å². The summed E-state index contributed by atoms with van der Waals surface area (Å²) >= 11 is 0. The van der Waals surface area contributed by atoms with Crippen molar-refractivity contribution in [3.63, 3.8) is 0 Å². The van der Waals surface area contributed by atoms with Crippen molar-refractivity contribution < 1.29 is 19.3 Å². The van der Waals surface area contributed by atoms with Crippen molar-refractivity contribution in [2.75, 3.05) is 19.9 Å². The van der Waals surface area contributed by atoms with E-state index in [-0.39, 0.29) is 19.4 Å². The van der Waals surface area contributed by atoms with E-state index in [9.17, 15) is 5.11 Å². The Morgan fingerprint density at radius 1 is 0.897 bits per heavy atom. The minimum absolute atomic E-state index is 0.0262. The lowest BCUT2D eigenvalue weighted by molar-refractivity contribution is 0.103. The molecule has 0 bridgehead atoms. The topological polar surface area (TPSA) is 60.0 Å². The fourth-order valence-corrected chi connectivity index (χ4v) is 3.33. The molecule has 2 atom stereocenters. The zero-order chi connectivity index (χ0) is 19.9. The predicted octanol–water partition coefficient (Wildman–Crippen LogP) is 3.73. The molecule has 1 heterocycles. The normalized spacial score (nSPS) is 14.4. The van der Waals surface area contributed by atoms with E-state index in [1.807, 2.05) is 66.7 Å². The van der Waals surface area contributed by atoms with Crippen LogP contribution in [0.3, 0.4) is 0 Å². The average molecular weight is 391 g/mol. The van der Waals surface area contributed by atoms with Crippen LogP contribution in [0.2, 0.25) is 0 Å². The van der Waals surface area contributed by atoms with E-state index in [0.29, 0.717) is 6.54 Å². The first kappa shape index (κ1) is 19.3. The summed E-state index contributed by atoms with van der Waals surface area (Å²) in [5, 5.41) is 13.9. The van der Waals surface area contributed by atoms with Crippen LogP contribution >= 0.6 is 0 Å². The van der Waals surface area contributed by atoms with Gasteiger partial charge in [-0.2, -0.15) is 0 Å². The molecule has 2 unspecified atom stereocenters. The van der Waals surface area contributed by atoms with E-state index < -0.39 is 6.10 Å². The number of fused-ring (bicyclic) bond motifs is 1. The summed E-state index contributed by atoms with van der Waals surface area (Å²) in [4.78, 5) is 0. The number of aliphatic hydroxyl groups is 1. The number of aliphatic hydroxyl groups excluding tert-OH is 1. The Labute approximate surface area is 170 Å². The van der Waals surface area contributed by atoms with Gasteiger partial charge in [0.15, 0.2) is 11.5 Å². The largest absolute Gasteiger partial charge is 0.491 e. The lowest BCUT2D eigenvalue weighted by Gasteiger charge is -2.22. The molecule has 0 aliphatic carbocycles. The molecule has 0 saturated heterocycles. The zero-order valence-corrected chi connectivity index (χ0v) is 16.2. The maximum atomic E-state index is 10.4. The summed E-state index contributed by atoms with van der Waals surface area (Å²) < 4.78 is 16.6. The van der Waals surface area contributed by atoms with Crippen molar-refractivity contribution >= 4 is 0 Å². The lowest BCUT2D eigenvalue weighted by atomic mass is 9.98. The molecule has 3 aromatic carbocycles. The van der Waals surface area contributed by atoms with Crippen molar-refractivity contribution in [2.45, 2.75) is 18.6 Å². The molecule has 29 heavy (non-hydrogen) atoms. The second kappa shape index (κ2) is 9.45. The van der Waals surface area contributed by atoms with E-state index in [2.05, 4.69) is 17.4 Å². The third kappa shape index (κ3) is 5.28. The molecule has 1 aliphatic heterocycles. The summed E-state index contributed by atoms with van der Waals surface area (Å²) in [6.07, 6.45) is 0.176. The zero-order valence-electron chi connectivity index (χ0n) is 16.2. The van der Waals surface area contributed by atoms with Crippen molar-refractivity contribution in [2.24, 2.45) is 0 Å². The van der Waals surface area contributed by atoms with E-state index in [1.165, 1.54) is 5.56 Å². The summed E-state index contributed by atoms with van der Waals surface area (Å²) in [6, 6.07) is 25.8. The van der Waals surface area contributed by atoms with Crippen LogP contribution in [0.1, 0.15) is 17.2 Å². The van der Waals surface area contributed by atoms with Gasteiger partial charge in [0.25, 0.3) is 0 Å². The Balaban J connectivity index is 1.41. The number of benzene rings is 3. The molecule has 2 N–H and O–H groups in total. The van der Waals surface area contributed by atoms with Crippen LogP contribution in [0.25, 0.3) is 0 Å². The first-order chi connectivity index (χ1) is 14.3. The van der Waals surface area contributed by atoms with Gasteiger partial charge in [0.1, 0.15) is 18.5 Å². The Kier molecular flexibility index (Phi) is 6.29. The molecule has 1 aliphatic rings. The van der Waals surface area contributed by atoms with Crippen LogP contribution in [-0.2, 0) is 6.42 Å². The molecule has 0 radical (unpaired) electrons. The highest BCUT2D eigenvalue weighted by Gasteiger charge is 2.19. The van der Waals surface area contributed by atoms with Gasteiger partial charge in [0, 0.05) is 12.6 Å². The minimum Gasteiger partial charge on any atom is -0.491 e. The maximum Gasteiger partial charge on any atom is 0.231 e. The van der Waals surface area contributed by atoms with Crippen LogP contribution in [0.5, 0.6) is 17.2 Å². The SMILES string of the molecule is OC(CNC(Cc1ccccc1)c1ccc2c(c1)OCO2)COc1ccccc1. The second-order valence-corrected chi connectivity index (χ2v) is 7.04. The van der Waals surface area contributed by atoms with E-state index in [4.69, 9.17) is 14.2 Å². The van der Waals surface area contributed by atoms with E-state index >= 15 is 0 Å². The maximum absolute atomic E-state index is 10.4. The Morgan fingerprint density at radius 3 is 2.41 bits per heavy atom. The van der Waals surface area contributed by atoms with Gasteiger partial charge in [-0.15, -0.1) is 0 Å². The predicted molar refractivity (Wildman–Crippen MR) is 111 cm³/mol. The molecule has 5 heteroatoms. The van der Waals surface area contributed by atoms with Gasteiger partial charge in [-0.25, -0.2) is 0 Å². The van der Waals surface area contributed by atoms with Crippen LogP contribution in [-0.4, -0.2) is 31.2 Å². The smallest absolute Gasteiger partial charge is 0.231 e. The summed E-state index contributed by atoms with van der Waals surface area (Å²) in [5.74, 6) is 2.28. The van der Waals surface area contributed by atoms with E-state index in [0.717, 1.165) is 29.2 Å². The highest BCUT2D eigenvalue weighted by Crippen LogP contribution is 2.34. The molecule has 0 spiro atoms. The first-order valence-electron chi connectivity index (χ1n) is 9.81. The highest BCUT2D eigenvalue weighted by atomic mass is 16.7. The van der Waals surface area contributed by atoms with Gasteiger partial charge in [-0.3, -0.25) is 0 Å². The summed E-state index contributed by atoms with van der Waals surface area (Å²) in [5.41, 5.74) is 2.31. The number of hydrogen-bond donors (Lipinski definition) is 2. The van der Waals surface area contributed by atoms with Gasteiger partial charge in [0.05, 0.1) is 0 Å². The van der Waals surface area contributed by atoms with Gasteiger partial charge in [-0.1, -0.05) is 54.6 Å². The molecule has 4 rings (SSSR count).